The summed E-state index contributed by atoms with van der Waals surface area (Å²) in [4.78, 5) is 4.70. The van der Waals surface area contributed by atoms with Crippen molar-refractivity contribution in [3.8, 4) is 23.1 Å². The van der Waals surface area contributed by atoms with Crippen molar-refractivity contribution in [2.45, 2.75) is 39.0 Å². The number of thiazole rings is 1. The van der Waals surface area contributed by atoms with Crippen LogP contribution in [0.2, 0.25) is 0 Å². The predicted octanol–water partition coefficient (Wildman–Crippen LogP) is 5.45. The van der Waals surface area contributed by atoms with Crippen molar-refractivity contribution >= 4 is 16.9 Å². The van der Waals surface area contributed by atoms with E-state index < -0.39 is 0 Å². The van der Waals surface area contributed by atoms with E-state index in [1.807, 2.05) is 36.6 Å². The second-order valence-corrected chi connectivity index (χ2v) is 6.50. The average molecular weight is 324 g/mol. The van der Waals surface area contributed by atoms with Crippen LogP contribution in [0.25, 0.3) is 16.8 Å². The van der Waals surface area contributed by atoms with Crippen molar-refractivity contribution < 1.29 is 4.74 Å². The lowest BCUT2D eigenvalue weighted by molar-refractivity contribution is 0.340. The van der Waals surface area contributed by atoms with Crippen molar-refractivity contribution in [2.75, 3.05) is 6.61 Å². The third-order valence-corrected chi connectivity index (χ3v) is 4.96. The van der Waals surface area contributed by atoms with Gasteiger partial charge in [-0.15, -0.1) is 11.3 Å². The molecule has 0 N–H and O–H groups in total. The highest BCUT2D eigenvalue weighted by atomic mass is 32.1. The highest BCUT2D eigenvalue weighted by Gasteiger charge is 2.16. The number of nitriles is 1. The van der Waals surface area contributed by atoms with Crippen molar-refractivity contribution in [3.05, 3.63) is 40.2 Å². The van der Waals surface area contributed by atoms with Crippen molar-refractivity contribution in [3.63, 3.8) is 0 Å². The highest BCUT2D eigenvalue weighted by molar-refractivity contribution is 7.11. The third-order valence-electron chi connectivity index (χ3n) is 4.10. The third kappa shape index (κ3) is 3.62. The molecule has 0 aliphatic heterocycles. The van der Waals surface area contributed by atoms with Gasteiger partial charge in [-0.05, 0) is 62.4 Å². The molecule has 0 amide bonds. The minimum Gasteiger partial charge on any atom is -0.494 e. The fraction of sp³-hybridized carbons (Fsp3) is 0.368. The van der Waals surface area contributed by atoms with Gasteiger partial charge in [-0.25, -0.2) is 4.98 Å². The zero-order valence-electron chi connectivity index (χ0n) is 13.3. The summed E-state index contributed by atoms with van der Waals surface area (Å²) in [6.07, 6.45) is 5.74. The Morgan fingerprint density at radius 1 is 1.22 bits per heavy atom. The van der Waals surface area contributed by atoms with Crippen LogP contribution in [0.5, 0.6) is 5.75 Å². The van der Waals surface area contributed by atoms with Gasteiger partial charge in [0.1, 0.15) is 16.8 Å². The number of aromatic nitrogens is 1. The fourth-order valence-electron chi connectivity index (χ4n) is 2.92. The molecule has 118 valence electrons. The van der Waals surface area contributed by atoms with Crippen LogP contribution in [0.3, 0.4) is 0 Å². The summed E-state index contributed by atoms with van der Waals surface area (Å²) in [5.74, 6) is 0.869. The van der Waals surface area contributed by atoms with E-state index in [0.29, 0.717) is 6.61 Å². The van der Waals surface area contributed by atoms with Crippen LogP contribution < -0.4 is 4.74 Å². The van der Waals surface area contributed by atoms with E-state index in [1.54, 1.807) is 11.3 Å². The van der Waals surface area contributed by atoms with E-state index in [9.17, 15) is 5.26 Å². The Hall–Kier alpha value is -2.12. The lowest BCUT2D eigenvalue weighted by Crippen LogP contribution is -1.97. The van der Waals surface area contributed by atoms with E-state index in [-0.39, 0.29) is 0 Å². The Balaban J connectivity index is 1.86. The SMILES string of the molecule is CCOc1ccc(-c2csc(C(C#N)=C3CCCCC3)n2)cc1. The quantitative estimate of drug-likeness (QED) is 0.702. The molecule has 2 aromatic rings. The first kappa shape index (κ1) is 15.8. The largest absolute Gasteiger partial charge is 0.494 e. The molecule has 0 unspecified atom stereocenters. The molecule has 4 heteroatoms. The summed E-state index contributed by atoms with van der Waals surface area (Å²) in [5.41, 5.74) is 4.07. The molecular weight excluding hydrogens is 304 g/mol. The van der Waals surface area contributed by atoms with E-state index in [0.717, 1.165) is 40.4 Å². The summed E-state index contributed by atoms with van der Waals surface area (Å²) in [7, 11) is 0. The van der Waals surface area contributed by atoms with Gasteiger partial charge in [0.05, 0.1) is 17.9 Å². The van der Waals surface area contributed by atoms with E-state index >= 15 is 0 Å². The summed E-state index contributed by atoms with van der Waals surface area (Å²) in [6.45, 7) is 2.64. The van der Waals surface area contributed by atoms with Crippen LogP contribution in [0.4, 0.5) is 0 Å². The summed E-state index contributed by atoms with van der Waals surface area (Å²) in [6, 6.07) is 10.3. The maximum atomic E-state index is 9.55. The Labute approximate surface area is 141 Å². The molecule has 23 heavy (non-hydrogen) atoms. The number of rotatable bonds is 4. The second-order valence-electron chi connectivity index (χ2n) is 5.65. The number of nitrogens with zero attached hydrogens (tertiary/aromatic N) is 2. The summed E-state index contributed by atoms with van der Waals surface area (Å²) < 4.78 is 5.47. The van der Waals surface area contributed by atoms with Crippen molar-refractivity contribution in [2.24, 2.45) is 0 Å². The first-order valence-corrected chi connectivity index (χ1v) is 9.01. The van der Waals surface area contributed by atoms with E-state index in [4.69, 9.17) is 9.72 Å². The average Bonchev–Trinajstić information content (AvgIpc) is 3.07. The number of hydrogen-bond donors (Lipinski definition) is 0. The molecular formula is C19H20N2OS. The molecule has 1 aliphatic rings. The normalized spacial score (nSPS) is 14.3. The van der Waals surface area contributed by atoms with E-state index in [1.165, 1.54) is 24.8 Å². The second kappa shape index (κ2) is 7.43. The molecule has 1 aromatic carbocycles. The molecule has 1 aromatic heterocycles. The molecule has 1 fully saturated rings. The number of ether oxygens (including phenoxy) is 1. The van der Waals surface area contributed by atoms with Crippen molar-refractivity contribution in [1.29, 1.82) is 5.26 Å². The highest BCUT2D eigenvalue weighted by Crippen LogP contribution is 2.33. The van der Waals surface area contributed by atoms with E-state index in [2.05, 4.69) is 6.07 Å². The Morgan fingerprint density at radius 2 is 1.96 bits per heavy atom. The lowest BCUT2D eigenvalue weighted by Gasteiger charge is -2.14. The monoisotopic (exact) mass is 324 g/mol. The van der Waals surface area contributed by atoms with Gasteiger partial charge < -0.3 is 4.74 Å². The molecule has 1 heterocycles. The number of benzene rings is 1. The van der Waals surface area contributed by atoms with Gasteiger partial charge in [0.15, 0.2) is 0 Å². The topological polar surface area (TPSA) is 45.9 Å². The van der Waals surface area contributed by atoms with Crippen LogP contribution >= 0.6 is 11.3 Å². The molecule has 0 bridgehead atoms. The molecule has 1 saturated carbocycles. The molecule has 0 atom stereocenters. The molecule has 1 aliphatic carbocycles. The maximum absolute atomic E-state index is 9.55. The summed E-state index contributed by atoms with van der Waals surface area (Å²) in [5, 5.41) is 12.4. The first-order chi connectivity index (χ1) is 11.3. The Bertz CT molecular complexity index is 729. The standard InChI is InChI=1S/C19H20N2OS/c1-2-22-16-10-8-15(9-11-16)18-13-23-19(21-18)17(12-20)14-6-4-3-5-7-14/h8-11,13H,2-7H2,1H3. The minimum atomic E-state index is 0.666. The molecule has 0 saturated heterocycles. The van der Waals surface area contributed by atoms with Gasteiger partial charge in [0.25, 0.3) is 0 Å². The fourth-order valence-corrected chi connectivity index (χ4v) is 3.79. The van der Waals surface area contributed by atoms with Gasteiger partial charge >= 0.3 is 0 Å². The molecule has 0 radical (unpaired) electrons. The molecule has 3 nitrogen and oxygen atoms in total. The van der Waals surface area contributed by atoms with Gasteiger partial charge in [-0.2, -0.15) is 5.26 Å². The number of allylic oxidation sites excluding steroid dienone is 2. The van der Waals surface area contributed by atoms with Crippen LogP contribution in [-0.4, -0.2) is 11.6 Å². The minimum absolute atomic E-state index is 0.666. The van der Waals surface area contributed by atoms with Gasteiger partial charge in [0, 0.05) is 10.9 Å². The first-order valence-electron chi connectivity index (χ1n) is 8.13. The van der Waals surface area contributed by atoms with Crippen molar-refractivity contribution in [1.82, 2.24) is 4.98 Å². The van der Waals surface area contributed by atoms with Gasteiger partial charge in [-0.1, -0.05) is 6.42 Å². The predicted molar refractivity (Wildman–Crippen MR) is 94.3 cm³/mol. The van der Waals surface area contributed by atoms with Gasteiger partial charge in [-0.3, -0.25) is 0 Å². The Kier molecular flexibility index (Phi) is 5.09. The maximum Gasteiger partial charge on any atom is 0.134 e. The molecule has 0 spiro atoms. The van der Waals surface area contributed by atoms with Crippen LogP contribution in [0, 0.1) is 11.3 Å². The van der Waals surface area contributed by atoms with Crippen LogP contribution in [0.1, 0.15) is 44.0 Å². The smallest absolute Gasteiger partial charge is 0.134 e. The van der Waals surface area contributed by atoms with Crippen LogP contribution in [0.15, 0.2) is 35.2 Å². The van der Waals surface area contributed by atoms with Gasteiger partial charge in [0.2, 0.25) is 0 Å². The van der Waals surface area contributed by atoms with Crippen LogP contribution in [-0.2, 0) is 0 Å². The lowest BCUT2D eigenvalue weighted by atomic mass is 9.91. The molecule has 3 rings (SSSR count). The Morgan fingerprint density at radius 3 is 2.61 bits per heavy atom. The zero-order valence-corrected chi connectivity index (χ0v) is 14.2. The summed E-state index contributed by atoms with van der Waals surface area (Å²) >= 11 is 1.56. The zero-order chi connectivity index (χ0) is 16.1. The number of hydrogen-bond acceptors (Lipinski definition) is 4.